The molecule has 0 radical (unpaired) electrons. The molecule has 1 atom stereocenters. The first-order valence-corrected chi connectivity index (χ1v) is 6.19. The van der Waals surface area contributed by atoms with Crippen molar-refractivity contribution in [3.8, 4) is 0 Å². The number of anilines is 1. The molecular weight excluding hydrogens is 212 g/mol. The number of carbonyl (C=O) groups is 1. The first kappa shape index (κ1) is 12.1. The van der Waals surface area contributed by atoms with Crippen molar-refractivity contribution in [1.29, 1.82) is 0 Å². The Kier molecular flexibility index (Phi) is 3.48. The highest BCUT2D eigenvalue weighted by molar-refractivity contribution is 5.95. The van der Waals surface area contributed by atoms with Gasteiger partial charge in [0, 0.05) is 5.69 Å². The Morgan fingerprint density at radius 3 is 2.71 bits per heavy atom. The van der Waals surface area contributed by atoms with Gasteiger partial charge >= 0.3 is 0 Å². The summed E-state index contributed by atoms with van der Waals surface area (Å²) < 4.78 is 0. The second kappa shape index (κ2) is 4.88. The molecule has 0 spiro atoms. The minimum absolute atomic E-state index is 0.0249. The van der Waals surface area contributed by atoms with E-state index in [1.54, 1.807) is 0 Å². The van der Waals surface area contributed by atoms with Crippen LogP contribution >= 0.6 is 0 Å². The number of piperidine rings is 1. The van der Waals surface area contributed by atoms with Crippen LogP contribution in [0.3, 0.4) is 0 Å². The third-order valence-corrected chi connectivity index (χ3v) is 3.43. The largest absolute Gasteiger partial charge is 0.325 e. The van der Waals surface area contributed by atoms with Gasteiger partial charge in [0.25, 0.3) is 0 Å². The van der Waals surface area contributed by atoms with Crippen LogP contribution in [0, 0.1) is 5.41 Å². The molecule has 1 aliphatic heterocycles. The predicted molar refractivity (Wildman–Crippen MR) is 69.9 cm³/mol. The van der Waals surface area contributed by atoms with Crippen molar-refractivity contribution in [2.45, 2.75) is 32.7 Å². The van der Waals surface area contributed by atoms with Gasteiger partial charge in [-0.3, -0.25) is 4.79 Å². The minimum Gasteiger partial charge on any atom is -0.325 e. The molecule has 1 aromatic carbocycles. The van der Waals surface area contributed by atoms with Crippen LogP contribution in [0.15, 0.2) is 30.3 Å². The van der Waals surface area contributed by atoms with Gasteiger partial charge in [-0.15, -0.1) is 0 Å². The SMILES string of the molecule is CC1(C)CCCNC1C(=O)Nc1ccccc1. The molecule has 92 valence electrons. The molecule has 1 fully saturated rings. The maximum absolute atomic E-state index is 12.2. The molecule has 1 aliphatic rings. The Morgan fingerprint density at radius 1 is 1.35 bits per heavy atom. The monoisotopic (exact) mass is 232 g/mol. The van der Waals surface area contributed by atoms with Gasteiger partial charge in [-0.05, 0) is 36.9 Å². The molecule has 1 aromatic rings. The first-order valence-electron chi connectivity index (χ1n) is 6.19. The van der Waals surface area contributed by atoms with Gasteiger partial charge in [-0.1, -0.05) is 32.0 Å². The van der Waals surface area contributed by atoms with Crippen LogP contribution in [0.1, 0.15) is 26.7 Å². The van der Waals surface area contributed by atoms with Crippen molar-refractivity contribution in [3.05, 3.63) is 30.3 Å². The Bertz CT molecular complexity index is 386. The molecule has 1 amide bonds. The van der Waals surface area contributed by atoms with E-state index in [0.717, 1.165) is 25.1 Å². The summed E-state index contributed by atoms with van der Waals surface area (Å²) in [4.78, 5) is 12.2. The Hall–Kier alpha value is -1.35. The highest BCUT2D eigenvalue weighted by Gasteiger charge is 2.36. The van der Waals surface area contributed by atoms with Crippen LogP contribution in [0.5, 0.6) is 0 Å². The van der Waals surface area contributed by atoms with Crippen molar-refractivity contribution in [2.75, 3.05) is 11.9 Å². The number of carbonyl (C=O) groups excluding carboxylic acids is 1. The first-order chi connectivity index (χ1) is 8.09. The summed E-state index contributed by atoms with van der Waals surface area (Å²) in [5.41, 5.74) is 0.887. The van der Waals surface area contributed by atoms with E-state index in [1.807, 2.05) is 30.3 Å². The van der Waals surface area contributed by atoms with Gasteiger partial charge < -0.3 is 10.6 Å². The van der Waals surface area contributed by atoms with E-state index in [0.29, 0.717) is 0 Å². The number of rotatable bonds is 2. The zero-order valence-corrected chi connectivity index (χ0v) is 10.5. The van der Waals surface area contributed by atoms with Gasteiger partial charge in [0.15, 0.2) is 0 Å². The van der Waals surface area contributed by atoms with E-state index in [4.69, 9.17) is 0 Å². The lowest BCUT2D eigenvalue weighted by molar-refractivity contribution is -0.121. The molecule has 1 heterocycles. The Labute approximate surface area is 103 Å². The van der Waals surface area contributed by atoms with Gasteiger partial charge in [0.1, 0.15) is 0 Å². The third kappa shape index (κ3) is 2.86. The average Bonchev–Trinajstić information content (AvgIpc) is 2.29. The molecule has 0 aliphatic carbocycles. The van der Waals surface area contributed by atoms with Crippen molar-refractivity contribution in [2.24, 2.45) is 5.41 Å². The molecule has 3 nitrogen and oxygen atoms in total. The predicted octanol–water partition coefficient (Wildman–Crippen LogP) is 2.40. The summed E-state index contributed by atoms with van der Waals surface area (Å²) in [6.45, 7) is 5.22. The summed E-state index contributed by atoms with van der Waals surface area (Å²) in [6.07, 6.45) is 2.23. The zero-order chi connectivity index (χ0) is 12.3. The van der Waals surface area contributed by atoms with E-state index in [1.165, 1.54) is 0 Å². The molecule has 17 heavy (non-hydrogen) atoms. The van der Waals surface area contributed by atoms with E-state index < -0.39 is 0 Å². The molecule has 2 rings (SSSR count). The fraction of sp³-hybridized carbons (Fsp3) is 0.500. The lowest BCUT2D eigenvalue weighted by Gasteiger charge is -2.38. The molecule has 2 N–H and O–H groups in total. The second-order valence-corrected chi connectivity index (χ2v) is 5.33. The van der Waals surface area contributed by atoms with E-state index >= 15 is 0 Å². The Balaban J connectivity index is 2.04. The summed E-state index contributed by atoms with van der Waals surface area (Å²) in [6, 6.07) is 9.51. The quantitative estimate of drug-likeness (QED) is 0.822. The fourth-order valence-corrected chi connectivity index (χ4v) is 2.39. The van der Waals surface area contributed by atoms with E-state index in [9.17, 15) is 4.79 Å². The summed E-state index contributed by atoms with van der Waals surface area (Å²) in [5.74, 6) is 0.0703. The maximum Gasteiger partial charge on any atom is 0.242 e. The van der Waals surface area contributed by atoms with Crippen LogP contribution in [0.25, 0.3) is 0 Å². The van der Waals surface area contributed by atoms with Crippen LogP contribution in [0.2, 0.25) is 0 Å². The Morgan fingerprint density at radius 2 is 2.06 bits per heavy atom. The second-order valence-electron chi connectivity index (χ2n) is 5.33. The summed E-state index contributed by atoms with van der Waals surface area (Å²) in [5, 5.41) is 6.28. The minimum atomic E-state index is -0.101. The number of hydrogen-bond donors (Lipinski definition) is 2. The normalized spacial score (nSPS) is 23.1. The van der Waals surface area contributed by atoms with Crippen molar-refractivity contribution < 1.29 is 4.79 Å². The van der Waals surface area contributed by atoms with Crippen LogP contribution in [-0.4, -0.2) is 18.5 Å². The van der Waals surface area contributed by atoms with Gasteiger partial charge in [-0.25, -0.2) is 0 Å². The fourth-order valence-electron chi connectivity index (χ4n) is 2.39. The summed E-state index contributed by atoms with van der Waals surface area (Å²) >= 11 is 0. The standard InChI is InChI=1S/C14H20N2O/c1-14(2)9-6-10-15-12(14)13(17)16-11-7-4-3-5-8-11/h3-5,7-8,12,15H,6,9-10H2,1-2H3,(H,16,17). The number of hydrogen-bond acceptors (Lipinski definition) is 2. The molecule has 1 saturated heterocycles. The number of amides is 1. The van der Waals surface area contributed by atoms with Crippen molar-refractivity contribution in [1.82, 2.24) is 5.32 Å². The number of nitrogens with one attached hydrogen (secondary N) is 2. The van der Waals surface area contributed by atoms with E-state index in [-0.39, 0.29) is 17.4 Å². The lowest BCUT2D eigenvalue weighted by Crippen LogP contribution is -2.53. The van der Waals surface area contributed by atoms with Crippen LogP contribution < -0.4 is 10.6 Å². The highest BCUT2D eigenvalue weighted by Crippen LogP contribution is 2.30. The van der Waals surface area contributed by atoms with Gasteiger partial charge in [-0.2, -0.15) is 0 Å². The lowest BCUT2D eigenvalue weighted by atomic mass is 9.77. The average molecular weight is 232 g/mol. The van der Waals surface area contributed by atoms with Gasteiger partial charge in [0.05, 0.1) is 6.04 Å². The molecule has 0 saturated carbocycles. The third-order valence-electron chi connectivity index (χ3n) is 3.43. The smallest absolute Gasteiger partial charge is 0.242 e. The van der Waals surface area contributed by atoms with Crippen molar-refractivity contribution >= 4 is 11.6 Å². The number of benzene rings is 1. The molecule has 3 heteroatoms. The molecule has 0 bridgehead atoms. The van der Waals surface area contributed by atoms with Gasteiger partial charge in [0.2, 0.25) is 5.91 Å². The maximum atomic E-state index is 12.2. The molecular formula is C14H20N2O. The number of para-hydroxylation sites is 1. The topological polar surface area (TPSA) is 41.1 Å². The summed E-state index contributed by atoms with van der Waals surface area (Å²) in [7, 11) is 0. The van der Waals surface area contributed by atoms with Crippen LogP contribution in [0.4, 0.5) is 5.69 Å². The highest BCUT2D eigenvalue weighted by atomic mass is 16.2. The molecule has 1 unspecified atom stereocenters. The van der Waals surface area contributed by atoms with E-state index in [2.05, 4.69) is 24.5 Å². The van der Waals surface area contributed by atoms with Crippen molar-refractivity contribution in [3.63, 3.8) is 0 Å². The zero-order valence-electron chi connectivity index (χ0n) is 10.5. The van der Waals surface area contributed by atoms with Crippen LogP contribution in [-0.2, 0) is 4.79 Å². The molecule has 0 aromatic heterocycles.